The van der Waals surface area contributed by atoms with Crippen molar-refractivity contribution >= 4 is 19.8 Å². The van der Waals surface area contributed by atoms with Gasteiger partial charge in [0.2, 0.25) is 0 Å². The van der Waals surface area contributed by atoms with Crippen LogP contribution in [0.5, 0.6) is 0 Å². The average molecular weight is 147 g/mol. The molecule has 1 unspecified atom stereocenters. The molecule has 1 atom stereocenters. The van der Waals surface area contributed by atoms with Gasteiger partial charge in [-0.25, -0.2) is 0 Å². The minimum atomic E-state index is -4.67. The van der Waals surface area contributed by atoms with Crippen LogP contribution < -0.4 is 5.50 Å². The summed E-state index contributed by atoms with van der Waals surface area (Å²) < 4.78 is 31.6. The lowest BCUT2D eigenvalue weighted by atomic mass is 13.9. The molecule has 0 aromatic heterocycles. The minimum Gasteiger partial charge on any atom is -0.314 e. The van der Waals surface area contributed by atoms with Gasteiger partial charge in [-0.2, -0.15) is 8.42 Å². The Morgan fingerprint density at radius 3 is 1.29 bits per heavy atom. The second-order valence-electron chi connectivity index (χ2n) is 0.448. The maximum atomic E-state index is 8.74. The molecule has 0 aromatic rings. The molecule has 7 heteroatoms. The minimum absolute atomic E-state index is 1.92. The van der Waals surface area contributed by atoms with E-state index < -0.39 is 10.4 Å². The SMILES string of the molecule is NP.O=S(=O)(O)O. The van der Waals surface area contributed by atoms with E-state index in [2.05, 4.69) is 5.50 Å². The number of hydrogen-bond acceptors (Lipinski definition) is 3. The molecular weight excluding hydrogens is 141 g/mol. The molecule has 7 heavy (non-hydrogen) atoms. The molecule has 0 saturated carbocycles. The van der Waals surface area contributed by atoms with Gasteiger partial charge < -0.3 is 5.50 Å². The molecule has 0 aliphatic heterocycles. The first kappa shape index (κ1) is 10.3. The first-order valence-electron chi connectivity index (χ1n) is 1.03. The van der Waals surface area contributed by atoms with E-state index in [0.29, 0.717) is 0 Å². The third-order valence-corrected chi connectivity index (χ3v) is 0. The van der Waals surface area contributed by atoms with Crippen LogP contribution in [0.4, 0.5) is 0 Å². The van der Waals surface area contributed by atoms with Gasteiger partial charge in [-0.3, -0.25) is 9.11 Å². The Morgan fingerprint density at radius 2 is 1.29 bits per heavy atom. The van der Waals surface area contributed by atoms with Crippen molar-refractivity contribution in [2.24, 2.45) is 5.50 Å². The summed E-state index contributed by atoms with van der Waals surface area (Å²) in [5.41, 5.74) is 4.42. The fraction of sp³-hybridized carbons (Fsp3) is 0. The fourth-order valence-corrected chi connectivity index (χ4v) is 0. The fourth-order valence-electron chi connectivity index (χ4n) is 0. The molecule has 0 heterocycles. The lowest BCUT2D eigenvalue weighted by molar-refractivity contribution is 0.381. The molecular formula is H6NO4PS. The van der Waals surface area contributed by atoms with Crippen molar-refractivity contribution in [1.29, 1.82) is 0 Å². The van der Waals surface area contributed by atoms with Crippen LogP contribution in [0.2, 0.25) is 0 Å². The average Bonchev–Trinajstić information content (AvgIpc) is 1.36. The lowest BCUT2D eigenvalue weighted by Crippen LogP contribution is -1.89. The van der Waals surface area contributed by atoms with Crippen LogP contribution in [-0.4, -0.2) is 17.5 Å². The van der Waals surface area contributed by atoms with Gasteiger partial charge in [0, 0.05) is 0 Å². The van der Waals surface area contributed by atoms with Crippen LogP contribution in [-0.2, 0) is 10.4 Å². The summed E-state index contributed by atoms with van der Waals surface area (Å²) in [5, 5.41) is 0. The highest BCUT2D eigenvalue weighted by molar-refractivity contribution is 7.79. The third kappa shape index (κ3) is 1680. The quantitative estimate of drug-likeness (QED) is 0.304. The second kappa shape index (κ2) is 4.42. The van der Waals surface area contributed by atoms with Gasteiger partial charge in [0.15, 0.2) is 0 Å². The summed E-state index contributed by atoms with van der Waals surface area (Å²) in [5.74, 6) is 0. The maximum absolute atomic E-state index is 8.74. The topological polar surface area (TPSA) is 101 Å². The Labute approximate surface area is 43.7 Å². The molecule has 0 rings (SSSR count). The third-order valence-electron chi connectivity index (χ3n) is 0. The Morgan fingerprint density at radius 1 is 1.29 bits per heavy atom. The van der Waals surface area contributed by atoms with E-state index in [0.717, 1.165) is 0 Å². The number of hydrogen-bond donors (Lipinski definition) is 3. The van der Waals surface area contributed by atoms with Gasteiger partial charge in [-0.05, 0) is 0 Å². The van der Waals surface area contributed by atoms with E-state index in [1.807, 2.05) is 9.39 Å². The molecule has 0 spiro atoms. The van der Waals surface area contributed by atoms with Crippen molar-refractivity contribution in [2.45, 2.75) is 0 Å². The molecule has 0 saturated heterocycles. The number of rotatable bonds is 0. The van der Waals surface area contributed by atoms with E-state index in [9.17, 15) is 0 Å². The van der Waals surface area contributed by atoms with Crippen LogP contribution in [0.1, 0.15) is 0 Å². The van der Waals surface area contributed by atoms with E-state index in [1.165, 1.54) is 0 Å². The molecule has 46 valence electrons. The summed E-state index contributed by atoms with van der Waals surface area (Å²) in [6, 6.07) is 0. The number of nitrogens with two attached hydrogens (primary N) is 1. The van der Waals surface area contributed by atoms with E-state index in [4.69, 9.17) is 17.5 Å². The first-order valence-corrected chi connectivity index (χ1v) is 3.10. The van der Waals surface area contributed by atoms with Gasteiger partial charge >= 0.3 is 10.4 Å². The van der Waals surface area contributed by atoms with Crippen molar-refractivity contribution < 1.29 is 17.5 Å². The predicted molar refractivity (Wildman–Crippen MR) is 28.1 cm³/mol. The van der Waals surface area contributed by atoms with Gasteiger partial charge in [-0.1, -0.05) is 9.39 Å². The highest BCUT2D eigenvalue weighted by Crippen LogP contribution is 1.59. The molecule has 0 bridgehead atoms. The summed E-state index contributed by atoms with van der Waals surface area (Å²) in [7, 11) is -2.75. The summed E-state index contributed by atoms with van der Waals surface area (Å²) in [6.07, 6.45) is 0. The molecule has 0 aliphatic carbocycles. The molecule has 0 aliphatic rings. The normalized spacial score (nSPS) is 9.14. The monoisotopic (exact) mass is 147 g/mol. The molecule has 5 nitrogen and oxygen atoms in total. The van der Waals surface area contributed by atoms with Gasteiger partial charge in [0.05, 0.1) is 0 Å². The largest absolute Gasteiger partial charge is 0.394 e. The summed E-state index contributed by atoms with van der Waals surface area (Å²) >= 11 is 0. The smallest absolute Gasteiger partial charge is 0.314 e. The van der Waals surface area contributed by atoms with Gasteiger partial charge in [0.25, 0.3) is 0 Å². The molecule has 4 N–H and O–H groups in total. The van der Waals surface area contributed by atoms with E-state index >= 15 is 0 Å². The van der Waals surface area contributed by atoms with Gasteiger partial charge in [-0.15, -0.1) is 0 Å². The van der Waals surface area contributed by atoms with Crippen molar-refractivity contribution in [3.63, 3.8) is 0 Å². The van der Waals surface area contributed by atoms with Crippen LogP contribution in [0.25, 0.3) is 0 Å². The van der Waals surface area contributed by atoms with Crippen molar-refractivity contribution in [3.05, 3.63) is 0 Å². The van der Waals surface area contributed by atoms with Crippen LogP contribution in [0, 0.1) is 0 Å². The standard InChI is InChI=1S/H4NP.H2O4S/c1-2;1-5(2,3)4/h1-2H2;(H2,1,2,3,4). The zero-order valence-electron chi connectivity index (χ0n) is 3.27. The summed E-state index contributed by atoms with van der Waals surface area (Å²) in [6.45, 7) is 0. The predicted octanol–water partition coefficient (Wildman–Crippen LogP) is -0.918. The van der Waals surface area contributed by atoms with Crippen molar-refractivity contribution in [3.8, 4) is 0 Å². The van der Waals surface area contributed by atoms with Crippen molar-refractivity contribution in [1.82, 2.24) is 0 Å². The first-order chi connectivity index (χ1) is 3.00. The van der Waals surface area contributed by atoms with Gasteiger partial charge in [0.1, 0.15) is 0 Å². The Balaban J connectivity index is 0. The highest BCUT2D eigenvalue weighted by Gasteiger charge is 1.84. The molecule has 0 radical (unpaired) electrons. The summed E-state index contributed by atoms with van der Waals surface area (Å²) in [4.78, 5) is 0. The second-order valence-corrected chi connectivity index (χ2v) is 1.34. The zero-order valence-corrected chi connectivity index (χ0v) is 5.25. The zero-order chi connectivity index (χ0) is 6.50. The Bertz CT molecular complexity index is 94.9. The highest BCUT2D eigenvalue weighted by atomic mass is 32.3. The molecule has 0 aromatic carbocycles. The van der Waals surface area contributed by atoms with E-state index in [1.54, 1.807) is 0 Å². The Hall–Kier alpha value is 0.260. The van der Waals surface area contributed by atoms with E-state index in [-0.39, 0.29) is 0 Å². The molecule has 0 amide bonds. The van der Waals surface area contributed by atoms with Crippen LogP contribution in [0.3, 0.4) is 0 Å². The lowest BCUT2D eigenvalue weighted by Gasteiger charge is -1.68. The maximum Gasteiger partial charge on any atom is 0.394 e. The molecule has 0 fully saturated rings. The Kier molecular flexibility index (Phi) is 6.49. The van der Waals surface area contributed by atoms with Crippen LogP contribution >= 0.6 is 9.39 Å². The van der Waals surface area contributed by atoms with Crippen molar-refractivity contribution in [2.75, 3.05) is 0 Å². The van der Waals surface area contributed by atoms with Crippen LogP contribution in [0.15, 0.2) is 0 Å².